The number of amides is 1. The molecule has 1 aromatic rings. The average molecular weight is 285 g/mol. The zero-order chi connectivity index (χ0) is 11.8. The number of piperidine rings is 1. The largest absolute Gasteiger partial charge is 0.356 e. The minimum absolute atomic E-state index is 0.112. The Morgan fingerprint density at radius 2 is 2.06 bits per heavy atom. The van der Waals surface area contributed by atoms with E-state index < -0.39 is 0 Å². The van der Waals surface area contributed by atoms with E-state index in [1.165, 1.54) is 0 Å². The molecule has 1 aliphatic rings. The average Bonchev–Trinajstić information content (AvgIpc) is 2.64. The van der Waals surface area contributed by atoms with Crippen molar-refractivity contribution in [1.82, 2.24) is 9.88 Å². The Morgan fingerprint density at radius 3 is 2.56 bits per heavy atom. The van der Waals surface area contributed by atoms with Crippen molar-refractivity contribution in [1.29, 1.82) is 0 Å². The van der Waals surface area contributed by atoms with E-state index in [0.717, 1.165) is 30.4 Å². The van der Waals surface area contributed by atoms with Crippen LogP contribution in [-0.2, 0) is 0 Å². The number of nitrogens with one attached hydrogen (secondary N) is 1. The van der Waals surface area contributed by atoms with Gasteiger partial charge in [0.05, 0.1) is 0 Å². The quantitative estimate of drug-likeness (QED) is 0.846. The molecule has 4 heteroatoms. The molecule has 2 rings (SSSR count). The van der Waals surface area contributed by atoms with Gasteiger partial charge in [0.2, 0.25) is 0 Å². The van der Waals surface area contributed by atoms with Gasteiger partial charge in [0.1, 0.15) is 5.69 Å². The number of H-pyrrole nitrogens is 1. The first-order valence-corrected chi connectivity index (χ1v) is 6.40. The highest BCUT2D eigenvalue weighted by Crippen LogP contribution is 2.30. The molecule has 0 spiro atoms. The van der Waals surface area contributed by atoms with E-state index in [1.54, 1.807) is 6.20 Å². The van der Waals surface area contributed by atoms with E-state index >= 15 is 0 Å². The zero-order valence-electron chi connectivity index (χ0n) is 9.72. The number of carbonyl (C=O) groups is 1. The van der Waals surface area contributed by atoms with E-state index in [9.17, 15) is 4.79 Å². The molecule has 0 radical (unpaired) electrons. The van der Waals surface area contributed by atoms with Gasteiger partial charge in [0, 0.05) is 23.8 Å². The summed E-state index contributed by atoms with van der Waals surface area (Å²) in [5, 5.41) is 0. The Bertz CT molecular complexity index is 387. The molecule has 16 heavy (non-hydrogen) atoms. The molecule has 1 aliphatic heterocycles. The molecule has 1 aromatic heterocycles. The molecule has 88 valence electrons. The number of hydrogen-bond acceptors (Lipinski definition) is 1. The van der Waals surface area contributed by atoms with E-state index in [4.69, 9.17) is 0 Å². The van der Waals surface area contributed by atoms with Gasteiger partial charge >= 0.3 is 0 Å². The van der Waals surface area contributed by atoms with Crippen molar-refractivity contribution in [3.05, 3.63) is 22.4 Å². The van der Waals surface area contributed by atoms with Crippen molar-refractivity contribution in [2.45, 2.75) is 26.7 Å². The number of carbonyl (C=O) groups excluding carboxylic acids is 1. The highest BCUT2D eigenvalue weighted by molar-refractivity contribution is 9.10. The number of nitrogens with zero attached hydrogens (tertiary/aromatic N) is 1. The van der Waals surface area contributed by atoms with E-state index in [1.807, 2.05) is 11.0 Å². The second-order valence-electron chi connectivity index (χ2n) is 5.19. The van der Waals surface area contributed by atoms with Gasteiger partial charge in [-0.2, -0.15) is 0 Å². The maximum atomic E-state index is 12.1. The van der Waals surface area contributed by atoms with E-state index in [2.05, 4.69) is 34.8 Å². The lowest BCUT2D eigenvalue weighted by molar-refractivity contribution is 0.0625. The minimum Gasteiger partial charge on any atom is -0.356 e. The summed E-state index contributed by atoms with van der Waals surface area (Å²) < 4.78 is 0.924. The van der Waals surface area contributed by atoms with Crippen molar-refractivity contribution in [2.75, 3.05) is 13.1 Å². The summed E-state index contributed by atoms with van der Waals surface area (Å²) in [7, 11) is 0. The van der Waals surface area contributed by atoms with Crippen molar-refractivity contribution in [3.8, 4) is 0 Å². The fourth-order valence-electron chi connectivity index (χ4n) is 1.98. The molecule has 0 bridgehead atoms. The molecule has 1 fully saturated rings. The zero-order valence-corrected chi connectivity index (χ0v) is 11.3. The number of hydrogen-bond donors (Lipinski definition) is 1. The minimum atomic E-state index is 0.112. The van der Waals surface area contributed by atoms with Crippen LogP contribution in [-0.4, -0.2) is 28.9 Å². The Labute approximate surface area is 104 Å². The van der Waals surface area contributed by atoms with Crippen LogP contribution in [0.5, 0.6) is 0 Å². The van der Waals surface area contributed by atoms with Crippen LogP contribution in [0.3, 0.4) is 0 Å². The van der Waals surface area contributed by atoms with Crippen LogP contribution in [0.25, 0.3) is 0 Å². The molecule has 0 saturated carbocycles. The molecular weight excluding hydrogens is 268 g/mol. The van der Waals surface area contributed by atoms with Crippen molar-refractivity contribution < 1.29 is 4.79 Å². The van der Waals surface area contributed by atoms with Gasteiger partial charge in [0.15, 0.2) is 0 Å². The second kappa shape index (κ2) is 4.24. The maximum absolute atomic E-state index is 12.1. The van der Waals surface area contributed by atoms with Crippen LogP contribution in [0.2, 0.25) is 0 Å². The third kappa shape index (κ3) is 2.48. The van der Waals surface area contributed by atoms with Crippen LogP contribution in [0.4, 0.5) is 0 Å². The Hall–Kier alpha value is -0.770. The summed E-state index contributed by atoms with van der Waals surface area (Å²) in [5.74, 6) is 0.112. The molecule has 0 unspecified atom stereocenters. The van der Waals surface area contributed by atoms with Crippen molar-refractivity contribution in [3.63, 3.8) is 0 Å². The molecule has 0 atom stereocenters. The lowest BCUT2D eigenvalue weighted by Crippen LogP contribution is -2.41. The topological polar surface area (TPSA) is 36.1 Å². The number of aromatic nitrogens is 1. The monoisotopic (exact) mass is 284 g/mol. The standard InChI is InChI=1S/C12H17BrN2O/c1-12(2)3-5-15(6-4-12)11(16)10-7-9(13)8-14-10/h7-8,14H,3-6H2,1-2H3. The first-order valence-electron chi connectivity index (χ1n) is 5.61. The lowest BCUT2D eigenvalue weighted by Gasteiger charge is -2.36. The van der Waals surface area contributed by atoms with Gasteiger partial charge in [-0.1, -0.05) is 13.8 Å². The normalized spacial score (nSPS) is 19.8. The van der Waals surface area contributed by atoms with Crippen LogP contribution >= 0.6 is 15.9 Å². The predicted molar refractivity (Wildman–Crippen MR) is 67.4 cm³/mol. The molecule has 0 aromatic carbocycles. The molecule has 1 N–H and O–H groups in total. The van der Waals surface area contributed by atoms with Crippen LogP contribution in [0.15, 0.2) is 16.7 Å². The Morgan fingerprint density at radius 1 is 1.44 bits per heavy atom. The van der Waals surface area contributed by atoms with E-state index in [0.29, 0.717) is 11.1 Å². The lowest BCUT2D eigenvalue weighted by atomic mass is 9.82. The fraction of sp³-hybridized carbons (Fsp3) is 0.583. The number of aromatic amines is 1. The smallest absolute Gasteiger partial charge is 0.270 e. The van der Waals surface area contributed by atoms with Crippen molar-refractivity contribution in [2.24, 2.45) is 5.41 Å². The van der Waals surface area contributed by atoms with E-state index in [-0.39, 0.29) is 5.91 Å². The van der Waals surface area contributed by atoms with Crippen LogP contribution < -0.4 is 0 Å². The van der Waals surface area contributed by atoms with Gasteiger partial charge in [-0.05, 0) is 40.3 Å². The molecule has 2 heterocycles. The Balaban J connectivity index is 2.02. The van der Waals surface area contributed by atoms with Gasteiger partial charge < -0.3 is 9.88 Å². The molecule has 0 aliphatic carbocycles. The third-order valence-corrected chi connectivity index (χ3v) is 3.74. The highest BCUT2D eigenvalue weighted by atomic mass is 79.9. The summed E-state index contributed by atoms with van der Waals surface area (Å²) in [6.07, 6.45) is 3.96. The SMILES string of the molecule is CC1(C)CCN(C(=O)c2cc(Br)c[nH]2)CC1. The van der Waals surface area contributed by atoms with Gasteiger partial charge in [-0.25, -0.2) is 0 Å². The number of halogens is 1. The summed E-state index contributed by atoms with van der Waals surface area (Å²) in [6, 6.07) is 1.84. The van der Waals surface area contributed by atoms with Crippen LogP contribution in [0.1, 0.15) is 37.2 Å². The molecule has 1 amide bonds. The van der Waals surface area contributed by atoms with Crippen LogP contribution in [0, 0.1) is 5.41 Å². The van der Waals surface area contributed by atoms with Gasteiger partial charge in [-0.3, -0.25) is 4.79 Å². The summed E-state index contributed by atoms with van der Waals surface area (Å²) in [5.41, 5.74) is 1.05. The molecular formula is C12H17BrN2O. The maximum Gasteiger partial charge on any atom is 0.270 e. The Kier molecular flexibility index (Phi) is 3.10. The van der Waals surface area contributed by atoms with Gasteiger partial charge in [0.25, 0.3) is 5.91 Å². The molecule has 3 nitrogen and oxygen atoms in total. The summed E-state index contributed by atoms with van der Waals surface area (Å²) in [4.78, 5) is 17.0. The van der Waals surface area contributed by atoms with Gasteiger partial charge in [-0.15, -0.1) is 0 Å². The second-order valence-corrected chi connectivity index (χ2v) is 6.10. The predicted octanol–water partition coefficient (Wildman–Crippen LogP) is 3.04. The first-order chi connectivity index (χ1) is 7.48. The number of likely N-dealkylation sites (tertiary alicyclic amines) is 1. The van der Waals surface area contributed by atoms with Crippen molar-refractivity contribution >= 4 is 21.8 Å². The summed E-state index contributed by atoms with van der Waals surface area (Å²) >= 11 is 3.34. The summed E-state index contributed by atoms with van der Waals surface area (Å²) in [6.45, 7) is 6.25. The fourth-order valence-corrected chi connectivity index (χ4v) is 2.32. The third-order valence-electron chi connectivity index (χ3n) is 3.28. The molecule has 1 saturated heterocycles. The first kappa shape index (κ1) is 11.7. The highest BCUT2D eigenvalue weighted by Gasteiger charge is 2.28. The number of rotatable bonds is 1.